The van der Waals surface area contributed by atoms with Gasteiger partial charge in [-0.05, 0) is 49.4 Å². The normalized spacial score (nSPS) is 17.6. The molecule has 1 fully saturated rings. The van der Waals surface area contributed by atoms with E-state index in [1.807, 2.05) is 18.9 Å². The molecular formula is C22H21ClN4O4. The number of non-ortho nitro benzene ring substituents is 1. The van der Waals surface area contributed by atoms with Gasteiger partial charge in [0, 0.05) is 43.3 Å². The molecule has 2 aliphatic rings. The van der Waals surface area contributed by atoms with E-state index in [1.165, 1.54) is 24.3 Å². The van der Waals surface area contributed by atoms with Crippen molar-refractivity contribution in [3.63, 3.8) is 0 Å². The van der Waals surface area contributed by atoms with Crippen LogP contribution in [0.5, 0.6) is 0 Å². The average Bonchev–Trinajstić information content (AvgIpc) is 3.00. The first-order chi connectivity index (χ1) is 14.8. The van der Waals surface area contributed by atoms with Crippen molar-refractivity contribution in [1.29, 1.82) is 0 Å². The smallest absolute Gasteiger partial charge is 0.282 e. The predicted octanol–water partition coefficient (Wildman–Crippen LogP) is 3.09. The van der Waals surface area contributed by atoms with Gasteiger partial charge in [0.05, 0.1) is 16.2 Å². The maximum atomic E-state index is 13.6. The summed E-state index contributed by atoms with van der Waals surface area (Å²) >= 11 is 6.15. The van der Waals surface area contributed by atoms with E-state index in [1.54, 1.807) is 18.2 Å². The van der Waals surface area contributed by atoms with Gasteiger partial charge < -0.3 is 9.80 Å². The molecule has 31 heavy (non-hydrogen) atoms. The fraction of sp³-hybridized carbons (Fsp3) is 0.273. The number of rotatable bonds is 4. The number of carbonyl (C=O) groups excluding carboxylic acids is 2. The number of nitro benzene ring substituents is 1. The summed E-state index contributed by atoms with van der Waals surface area (Å²) in [6, 6.07) is 10.8. The van der Waals surface area contributed by atoms with E-state index in [0.29, 0.717) is 35.1 Å². The number of hydrogen-bond acceptors (Lipinski definition) is 6. The highest BCUT2D eigenvalue weighted by Gasteiger charge is 2.43. The molecule has 160 valence electrons. The Hall–Kier alpha value is -3.23. The van der Waals surface area contributed by atoms with Crippen molar-refractivity contribution in [3.05, 3.63) is 74.4 Å². The highest BCUT2D eigenvalue weighted by atomic mass is 35.5. The minimum Gasteiger partial charge on any atom is -0.364 e. The van der Waals surface area contributed by atoms with Gasteiger partial charge in [-0.25, -0.2) is 4.90 Å². The largest absolute Gasteiger partial charge is 0.364 e. The van der Waals surface area contributed by atoms with Gasteiger partial charge in [0.1, 0.15) is 5.70 Å². The molecule has 8 nitrogen and oxygen atoms in total. The summed E-state index contributed by atoms with van der Waals surface area (Å²) in [5.41, 5.74) is 2.15. The quantitative estimate of drug-likeness (QED) is 0.412. The summed E-state index contributed by atoms with van der Waals surface area (Å²) in [5, 5.41) is 11.5. The van der Waals surface area contributed by atoms with Crippen LogP contribution in [-0.4, -0.2) is 59.8 Å². The van der Waals surface area contributed by atoms with Crippen LogP contribution >= 0.6 is 11.6 Å². The second-order valence-electron chi connectivity index (χ2n) is 7.69. The van der Waals surface area contributed by atoms with Crippen LogP contribution in [0.1, 0.15) is 11.1 Å². The van der Waals surface area contributed by atoms with Gasteiger partial charge >= 0.3 is 0 Å². The minimum atomic E-state index is -0.497. The van der Waals surface area contributed by atoms with Crippen molar-refractivity contribution in [2.45, 2.75) is 6.92 Å². The Morgan fingerprint density at radius 2 is 1.61 bits per heavy atom. The van der Waals surface area contributed by atoms with Crippen LogP contribution < -0.4 is 4.90 Å². The van der Waals surface area contributed by atoms with Crippen molar-refractivity contribution in [3.8, 4) is 0 Å². The maximum Gasteiger partial charge on any atom is 0.282 e. The molecule has 2 heterocycles. The van der Waals surface area contributed by atoms with Crippen LogP contribution in [0.25, 0.3) is 5.57 Å². The molecule has 0 atom stereocenters. The number of aryl methyl sites for hydroxylation is 1. The lowest BCUT2D eigenvalue weighted by Crippen LogP contribution is -2.46. The molecule has 0 aliphatic carbocycles. The Balaban J connectivity index is 1.83. The molecule has 0 unspecified atom stereocenters. The molecule has 4 rings (SSSR count). The second kappa shape index (κ2) is 8.13. The number of anilines is 1. The monoisotopic (exact) mass is 440 g/mol. The standard InChI is InChI=1S/C22H21ClN4O4/c1-14-3-6-16(23)13-18(14)26-21(28)19(15-4-7-17(8-5-15)27(30)31)20(22(26)29)25-11-9-24(2)10-12-25/h3-8,13H,9-12H2,1-2H3. The van der Waals surface area contributed by atoms with Gasteiger partial charge in [-0.2, -0.15) is 0 Å². The Morgan fingerprint density at radius 1 is 0.968 bits per heavy atom. The number of halogens is 1. The Morgan fingerprint density at radius 3 is 2.23 bits per heavy atom. The zero-order valence-electron chi connectivity index (χ0n) is 17.2. The summed E-state index contributed by atoms with van der Waals surface area (Å²) in [6.07, 6.45) is 0. The summed E-state index contributed by atoms with van der Waals surface area (Å²) in [5.74, 6) is -0.869. The highest BCUT2D eigenvalue weighted by molar-refractivity contribution is 6.45. The molecule has 2 aliphatic heterocycles. The van der Waals surface area contributed by atoms with Crippen molar-refractivity contribution in [1.82, 2.24) is 9.80 Å². The van der Waals surface area contributed by atoms with Crippen LogP contribution in [0.3, 0.4) is 0 Å². The first kappa shape index (κ1) is 21.0. The number of nitrogens with zero attached hydrogens (tertiary/aromatic N) is 4. The first-order valence-electron chi connectivity index (χ1n) is 9.85. The Kier molecular flexibility index (Phi) is 5.51. The maximum absolute atomic E-state index is 13.6. The third-order valence-electron chi connectivity index (χ3n) is 5.66. The fourth-order valence-electron chi connectivity index (χ4n) is 3.89. The molecule has 0 N–H and O–H groups in total. The van der Waals surface area contributed by atoms with Crippen molar-refractivity contribution in [2.24, 2.45) is 0 Å². The molecule has 2 aromatic carbocycles. The van der Waals surface area contributed by atoms with Gasteiger partial charge in [0.2, 0.25) is 0 Å². The molecule has 9 heteroatoms. The van der Waals surface area contributed by atoms with Crippen LogP contribution in [0.4, 0.5) is 11.4 Å². The minimum absolute atomic E-state index is 0.0789. The fourth-order valence-corrected chi connectivity index (χ4v) is 4.06. The van der Waals surface area contributed by atoms with Gasteiger partial charge in [-0.15, -0.1) is 0 Å². The second-order valence-corrected chi connectivity index (χ2v) is 8.13. The van der Waals surface area contributed by atoms with E-state index < -0.39 is 16.7 Å². The lowest BCUT2D eigenvalue weighted by Gasteiger charge is -2.34. The van der Waals surface area contributed by atoms with Crippen molar-refractivity contribution in [2.75, 3.05) is 38.1 Å². The van der Waals surface area contributed by atoms with Crippen molar-refractivity contribution < 1.29 is 14.5 Å². The number of imide groups is 1. The molecule has 0 radical (unpaired) electrons. The van der Waals surface area contributed by atoms with Gasteiger partial charge in [-0.3, -0.25) is 19.7 Å². The van der Waals surface area contributed by atoms with Gasteiger partial charge in [-0.1, -0.05) is 17.7 Å². The lowest BCUT2D eigenvalue weighted by atomic mass is 10.0. The number of benzene rings is 2. The topological polar surface area (TPSA) is 87.0 Å². The van der Waals surface area contributed by atoms with Crippen LogP contribution in [0.2, 0.25) is 5.02 Å². The van der Waals surface area contributed by atoms with Crippen LogP contribution in [-0.2, 0) is 9.59 Å². The van der Waals surface area contributed by atoms with E-state index in [9.17, 15) is 19.7 Å². The molecule has 0 bridgehead atoms. The summed E-state index contributed by atoms with van der Waals surface area (Å²) in [4.78, 5) is 42.9. The number of amides is 2. The molecule has 0 saturated carbocycles. The predicted molar refractivity (Wildman–Crippen MR) is 118 cm³/mol. The number of likely N-dealkylation sites (N-methyl/N-ethyl adjacent to an activating group) is 1. The highest BCUT2D eigenvalue weighted by Crippen LogP contribution is 2.37. The van der Waals surface area contributed by atoms with Gasteiger partial charge in [0.15, 0.2) is 0 Å². The Bertz CT molecular complexity index is 1100. The van der Waals surface area contributed by atoms with E-state index in [0.717, 1.165) is 23.6 Å². The summed E-state index contributed by atoms with van der Waals surface area (Å²) in [7, 11) is 2.01. The van der Waals surface area contributed by atoms with E-state index in [4.69, 9.17) is 11.6 Å². The number of carbonyl (C=O) groups is 2. The molecule has 0 spiro atoms. The van der Waals surface area contributed by atoms with Crippen molar-refractivity contribution >= 4 is 40.4 Å². The van der Waals surface area contributed by atoms with Gasteiger partial charge in [0.25, 0.3) is 17.5 Å². The van der Waals surface area contributed by atoms with E-state index >= 15 is 0 Å². The Labute approximate surface area is 184 Å². The SMILES string of the molecule is Cc1ccc(Cl)cc1N1C(=O)C(c2ccc([N+](=O)[O-])cc2)=C(N2CCN(C)CC2)C1=O. The summed E-state index contributed by atoms with van der Waals surface area (Å²) < 4.78 is 0. The zero-order chi connectivity index (χ0) is 22.3. The average molecular weight is 441 g/mol. The van der Waals surface area contributed by atoms with E-state index in [-0.39, 0.29) is 11.3 Å². The molecule has 2 aromatic rings. The molecule has 0 aromatic heterocycles. The zero-order valence-corrected chi connectivity index (χ0v) is 17.9. The lowest BCUT2D eigenvalue weighted by molar-refractivity contribution is -0.384. The van der Waals surface area contributed by atoms with Crippen LogP contribution in [0, 0.1) is 17.0 Å². The third kappa shape index (κ3) is 3.80. The van der Waals surface area contributed by atoms with Crippen LogP contribution in [0.15, 0.2) is 48.2 Å². The third-order valence-corrected chi connectivity index (χ3v) is 5.89. The number of hydrogen-bond donors (Lipinski definition) is 0. The molecule has 2 amide bonds. The van der Waals surface area contributed by atoms with E-state index in [2.05, 4.69) is 4.90 Å². The number of piperazine rings is 1. The molecular weight excluding hydrogens is 420 g/mol. The molecule has 1 saturated heterocycles. The summed E-state index contributed by atoms with van der Waals surface area (Å²) in [6.45, 7) is 4.53. The number of nitro groups is 1. The first-order valence-corrected chi connectivity index (χ1v) is 10.2.